The highest BCUT2D eigenvalue weighted by Gasteiger charge is 2.49. The van der Waals surface area contributed by atoms with Crippen LogP contribution in [0.15, 0.2) is 60.4 Å². The Bertz CT molecular complexity index is 1490. The molecule has 2 aliphatic heterocycles. The number of hydrogen-bond donors (Lipinski definition) is 0. The maximum Gasteiger partial charge on any atom is 0.410 e. The van der Waals surface area contributed by atoms with E-state index in [-0.39, 0.29) is 29.4 Å². The fraction of sp³-hybridized carbons (Fsp3) is 0.486. The van der Waals surface area contributed by atoms with Gasteiger partial charge in [-0.2, -0.15) is 5.10 Å². The first kappa shape index (κ1) is 30.6. The lowest BCUT2D eigenvalue weighted by molar-refractivity contribution is 0.00247. The zero-order valence-corrected chi connectivity index (χ0v) is 26.4. The van der Waals surface area contributed by atoms with Crippen LogP contribution in [0.25, 0.3) is 5.69 Å². The van der Waals surface area contributed by atoms with Crippen molar-refractivity contribution < 1.29 is 19.1 Å². The van der Waals surface area contributed by atoms with E-state index < -0.39 is 0 Å². The van der Waals surface area contributed by atoms with E-state index in [9.17, 15) is 9.59 Å². The van der Waals surface area contributed by atoms with Crippen LogP contribution in [0.2, 0.25) is 0 Å². The van der Waals surface area contributed by atoms with E-state index in [1.165, 1.54) is 12.7 Å². The van der Waals surface area contributed by atoms with Gasteiger partial charge in [-0.3, -0.25) is 0 Å². The molecule has 3 aromatic rings. The molecule has 5 rings (SSSR count). The zero-order chi connectivity index (χ0) is 30.8. The summed E-state index contributed by atoms with van der Waals surface area (Å²) in [5.74, 6) is 2.36. The minimum Gasteiger partial charge on any atom is -0.490 e. The molecular formula is C35H44N4O4. The molecule has 8 nitrogen and oxygen atoms in total. The van der Waals surface area contributed by atoms with Gasteiger partial charge in [0.05, 0.1) is 18.5 Å². The molecule has 228 valence electrons. The van der Waals surface area contributed by atoms with Crippen LogP contribution >= 0.6 is 0 Å². The summed E-state index contributed by atoms with van der Waals surface area (Å²) in [6.45, 7) is 15.0. The van der Waals surface area contributed by atoms with Crippen LogP contribution in [0, 0.1) is 19.3 Å². The van der Waals surface area contributed by atoms with E-state index in [0.29, 0.717) is 25.3 Å². The fourth-order valence-electron chi connectivity index (χ4n) is 6.50. The molecule has 2 aromatic carbocycles. The quantitative estimate of drug-likeness (QED) is 0.228. The number of nitrogens with zero attached hydrogens (tertiary/aromatic N) is 4. The second-order valence-electron chi connectivity index (χ2n) is 13.4. The fourth-order valence-corrected chi connectivity index (χ4v) is 6.50. The number of benzene rings is 2. The van der Waals surface area contributed by atoms with Crippen LogP contribution in [0.4, 0.5) is 4.79 Å². The monoisotopic (exact) mass is 584 g/mol. The van der Waals surface area contributed by atoms with Crippen LogP contribution in [-0.4, -0.2) is 71.4 Å². The van der Waals surface area contributed by atoms with Gasteiger partial charge in [0.1, 0.15) is 6.61 Å². The van der Waals surface area contributed by atoms with E-state index in [1.54, 1.807) is 0 Å². The van der Waals surface area contributed by atoms with Crippen LogP contribution in [0.5, 0.6) is 0 Å². The number of likely N-dealkylation sites (tertiary alicyclic amines) is 2. The van der Waals surface area contributed by atoms with Gasteiger partial charge in [-0.05, 0) is 60.6 Å². The van der Waals surface area contributed by atoms with Crippen molar-refractivity contribution in [3.63, 3.8) is 0 Å². The molecule has 0 unspecified atom stereocenters. The molecule has 0 bridgehead atoms. The maximum absolute atomic E-state index is 12.8. The Labute approximate surface area is 255 Å². The van der Waals surface area contributed by atoms with Crippen molar-refractivity contribution in [2.75, 3.05) is 39.8 Å². The van der Waals surface area contributed by atoms with Gasteiger partial charge in [0.2, 0.25) is 0 Å². The van der Waals surface area contributed by atoms with Gasteiger partial charge in [0.25, 0.3) is 0 Å². The maximum atomic E-state index is 12.8. The molecule has 1 aromatic heterocycles. The van der Waals surface area contributed by atoms with E-state index in [4.69, 9.17) is 14.6 Å². The van der Waals surface area contributed by atoms with Crippen molar-refractivity contribution >= 4 is 12.0 Å². The van der Waals surface area contributed by atoms with Crippen LogP contribution in [0.1, 0.15) is 67.6 Å². The molecule has 0 aliphatic carbocycles. The summed E-state index contributed by atoms with van der Waals surface area (Å²) < 4.78 is 13.0. The second-order valence-corrected chi connectivity index (χ2v) is 13.4. The number of hydrogen-bond acceptors (Lipinski definition) is 6. The number of amides is 1. The molecular weight excluding hydrogens is 540 g/mol. The average molecular weight is 585 g/mol. The molecule has 3 heterocycles. The molecule has 2 saturated heterocycles. The number of ether oxygens (including phenoxy) is 2. The summed E-state index contributed by atoms with van der Waals surface area (Å²) in [6.07, 6.45) is 1.19. The van der Waals surface area contributed by atoms with Gasteiger partial charge in [-0.25, -0.2) is 14.3 Å². The van der Waals surface area contributed by atoms with Gasteiger partial charge < -0.3 is 19.3 Å². The number of aryl methyl sites for hydroxylation is 2. The van der Waals surface area contributed by atoms with Crippen LogP contribution in [-0.2, 0) is 26.3 Å². The summed E-state index contributed by atoms with van der Waals surface area (Å²) in [5.41, 5.74) is 6.44. The highest BCUT2D eigenvalue weighted by atomic mass is 16.6. The average Bonchev–Trinajstić information content (AvgIpc) is 3.56. The third-order valence-corrected chi connectivity index (χ3v) is 8.82. The van der Waals surface area contributed by atoms with Crippen molar-refractivity contribution in [3.05, 3.63) is 88.4 Å². The van der Waals surface area contributed by atoms with Crippen molar-refractivity contribution in [1.82, 2.24) is 19.6 Å². The highest BCUT2D eigenvalue weighted by Crippen LogP contribution is 2.42. The number of allylic oxidation sites excluding steroid dienone is 1. The van der Waals surface area contributed by atoms with E-state index in [2.05, 4.69) is 56.9 Å². The summed E-state index contributed by atoms with van der Waals surface area (Å²) in [5, 5.41) is 4.76. The molecule has 1 amide bonds. The number of aromatic nitrogens is 2. The molecule has 0 radical (unpaired) electrons. The lowest BCUT2D eigenvalue weighted by Gasteiger charge is -2.49. The number of carbonyl (C=O) groups is 1. The molecule has 2 aliphatic rings. The normalized spacial score (nSPS) is 16.9. The Morgan fingerprint density at radius 1 is 1.07 bits per heavy atom. The summed E-state index contributed by atoms with van der Waals surface area (Å²) in [4.78, 5) is 28.8. The van der Waals surface area contributed by atoms with Crippen molar-refractivity contribution in [2.24, 2.45) is 5.41 Å². The SMILES string of the molecule is COC(=C=O)C[C@H](CN1CC2(CCN(C(=O)OCc3ccccc3)C2)C1)c1cc(-n2nc(C)cc2C)cc(C(C)(C)C)c1. The standard InChI is InChI=1S/C35H44N4O4/c1-25-14-26(2)39(36-25)31-16-28(15-30(18-31)34(3,4)5)29(17-32(20-40)42-6)19-37-22-35(23-37)12-13-38(24-35)33(41)43-21-27-10-8-7-9-11-27/h7-11,14-16,18,29H,12-13,17,19,21-24H2,1-6H3/t29-/m1/s1. The predicted octanol–water partition coefficient (Wildman–Crippen LogP) is 5.97. The van der Waals surface area contributed by atoms with Crippen molar-refractivity contribution in [1.29, 1.82) is 0 Å². The first-order chi connectivity index (χ1) is 20.5. The number of methoxy groups -OCH3 is 1. The topological polar surface area (TPSA) is 76.9 Å². The third-order valence-electron chi connectivity index (χ3n) is 8.82. The van der Waals surface area contributed by atoms with Crippen molar-refractivity contribution in [3.8, 4) is 5.69 Å². The van der Waals surface area contributed by atoms with Crippen molar-refractivity contribution in [2.45, 2.75) is 65.4 Å². The zero-order valence-electron chi connectivity index (χ0n) is 26.4. The summed E-state index contributed by atoms with van der Waals surface area (Å²) in [6, 6.07) is 18.6. The minimum atomic E-state index is -0.242. The Hall–Kier alpha value is -3.87. The van der Waals surface area contributed by atoms with Crippen LogP contribution < -0.4 is 0 Å². The van der Waals surface area contributed by atoms with Crippen LogP contribution in [0.3, 0.4) is 0 Å². The van der Waals surface area contributed by atoms with E-state index in [1.807, 2.05) is 52.8 Å². The smallest absolute Gasteiger partial charge is 0.410 e. The van der Waals surface area contributed by atoms with Gasteiger partial charge in [0.15, 0.2) is 11.7 Å². The first-order valence-electron chi connectivity index (χ1n) is 15.1. The Morgan fingerprint density at radius 3 is 2.44 bits per heavy atom. The second kappa shape index (κ2) is 12.4. The molecule has 8 heteroatoms. The Kier molecular flexibility index (Phi) is 8.81. The Morgan fingerprint density at radius 2 is 1.81 bits per heavy atom. The molecule has 0 saturated carbocycles. The first-order valence-corrected chi connectivity index (χ1v) is 15.1. The van der Waals surface area contributed by atoms with Gasteiger partial charge in [0, 0.05) is 56.2 Å². The van der Waals surface area contributed by atoms with E-state index in [0.717, 1.165) is 54.3 Å². The highest BCUT2D eigenvalue weighted by molar-refractivity contribution is 5.68. The summed E-state index contributed by atoms with van der Waals surface area (Å²) in [7, 11) is 1.53. The molecule has 1 atom stereocenters. The minimum absolute atomic E-state index is 0.0279. The lowest BCUT2D eigenvalue weighted by atomic mass is 9.77. The molecule has 2 fully saturated rings. The summed E-state index contributed by atoms with van der Waals surface area (Å²) >= 11 is 0. The largest absolute Gasteiger partial charge is 0.490 e. The molecule has 1 spiro atoms. The third kappa shape index (κ3) is 7.03. The number of rotatable bonds is 9. The predicted molar refractivity (Wildman–Crippen MR) is 167 cm³/mol. The van der Waals surface area contributed by atoms with Gasteiger partial charge in [-0.1, -0.05) is 57.2 Å². The number of carbonyl (C=O) groups excluding carboxylic acids is 2. The van der Waals surface area contributed by atoms with E-state index >= 15 is 0 Å². The Balaban J connectivity index is 1.31. The lowest BCUT2D eigenvalue weighted by Crippen LogP contribution is -2.58. The van der Waals surface area contributed by atoms with Gasteiger partial charge >= 0.3 is 6.09 Å². The molecule has 0 N–H and O–H groups in total. The molecule has 43 heavy (non-hydrogen) atoms. The van der Waals surface area contributed by atoms with Gasteiger partial charge in [-0.15, -0.1) is 0 Å².